The Morgan fingerprint density at radius 3 is 2.96 bits per heavy atom. The number of aromatic nitrogens is 4. The average molecular weight is 421 g/mol. The van der Waals surface area contributed by atoms with E-state index in [0.29, 0.717) is 12.3 Å². The van der Waals surface area contributed by atoms with Crippen LogP contribution in [0, 0.1) is 0 Å². The Morgan fingerprint density at radius 1 is 1.39 bits per heavy atom. The molecule has 0 saturated carbocycles. The zero-order valence-corrected chi connectivity index (χ0v) is 17.6. The van der Waals surface area contributed by atoms with E-state index in [4.69, 9.17) is 0 Å². The standard InChI is InChI=1S/C19H24N6OS.ClH/c1-13(18-22-14-5-3-4-6-15(14)23-18)27-12-17(26)25-10-7-20-11-16(25)19-21-8-9-24(19)2;/h3-6,8-9,13,16,20H,7,10-12H2,1-2H3,(H,22,23);1H. The predicted octanol–water partition coefficient (Wildman–Crippen LogP) is 2.69. The lowest BCUT2D eigenvalue weighted by molar-refractivity contribution is -0.131. The van der Waals surface area contributed by atoms with Crippen molar-refractivity contribution in [2.75, 3.05) is 25.4 Å². The first-order valence-electron chi connectivity index (χ1n) is 9.17. The van der Waals surface area contributed by atoms with Gasteiger partial charge >= 0.3 is 0 Å². The molecule has 1 saturated heterocycles. The van der Waals surface area contributed by atoms with Crippen LogP contribution in [0.3, 0.4) is 0 Å². The number of aryl methyl sites for hydroxylation is 1. The number of amides is 1. The third-order valence-electron chi connectivity index (χ3n) is 4.97. The molecule has 1 aliphatic rings. The molecule has 0 spiro atoms. The van der Waals surface area contributed by atoms with E-state index in [1.807, 2.05) is 47.0 Å². The first-order chi connectivity index (χ1) is 13.1. The highest BCUT2D eigenvalue weighted by Crippen LogP contribution is 2.29. The fraction of sp³-hybridized carbons (Fsp3) is 0.421. The summed E-state index contributed by atoms with van der Waals surface area (Å²) in [4.78, 5) is 27.3. The Hall–Kier alpha value is -2.03. The van der Waals surface area contributed by atoms with Crippen molar-refractivity contribution in [1.29, 1.82) is 0 Å². The van der Waals surface area contributed by atoms with Crippen molar-refractivity contribution < 1.29 is 4.79 Å². The number of rotatable bonds is 5. The van der Waals surface area contributed by atoms with Gasteiger partial charge in [-0.25, -0.2) is 9.97 Å². The molecule has 9 heteroatoms. The molecule has 3 aromatic rings. The van der Waals surface area contributed by atoms with E-state index < -0.39 is 0 Å². The predicted molar refractivity (Wildman–Crippen MR) is 115 cm³/mol. The van der Waals surface area contributed by atoms with Crippen molar-refractivity contribution >= 4 is 41.1 Å². The molecule has 0 bridgehead atoms. The summed E-state index contributed by atoms with van der Waals surface area (Å²) in [7, 11) is 1.97. The van der Waals surface area contributed by atoms with Gasteiger partial charge in [-0.3, -0.25) is 4.79 Å². The van der Waals surface area contributed by atoms with E-state index in [1.165, 1.54) is 0 Å². The molecule has 4 rings (SSSR count). The molecule has 1 amide bonds. The summed E-state index contributed by atoms with van der Waals surface area (Å²) in [5.41, 5.74) is 1.99. The van der Waals surface area contributed by atoms with Crippen LogP contribution >= 0.6 is 24.2 Å². The summed E-state index contributed by atoms with van der Waals surface area (Å²) in [5, 5.41) is 3.49. The third kappa shape index (κ3) is 4.19. The molecule has 0 aliphatic carbocycles. The second-order valence-electron chi connectivity index (χ2n) is 6.80. The fourth-order valence-corrected chi connectivity index (χ4v) is 4.28. The average Bonchev–Trinajstić information content (AvgIpc) is 3.31. The molecule has 2 aromatic heterocycles. The van der Waals surface area contributed by atoms with Crippen LogP contribution in [0.4, 0.5) is 0 Å². The molecule has 0 radical (unpaired) electrons. The van der Waals surface area contributed by atoms with Crippen LogP contribution in [-0.4, -0.2) is 55.7 Å². The maximum Gasteiger partial charge on any atom is 0.233 e. The molecule has 1 fully saturated rings. The molecule has 1 aliphatic heterocycles. The second-order valence-corrected chi connectivity index (χ2v) is 8.12. The van der Waals surface area contributed by atoms with Crippen LogP contribution in [-0.2, 0) is 11.8 Å². The van der Waals surface area contributed by atoms with E-state index in [2.05, 4.69) is 27.2 Å². The Labute approximate surface area is 174 Å². The normalized spacial score (nSPS) is 18.1. The number of carbonyl (C=O) groups is 1. The molecule has 2 unspecified atom stereocenters. The van der Waals surface area contributed by atoms with E-state index >= 15 is 0 Å². The number of hydrogen-bond donors (Lipinski definition) is 2. The minimum Gasteiger partial charge on any atom is -0.341 e. The van der Waals surface area contributed by atoms with Gasteiger partial charge in [0.15, 0.2) is 0 Å². The smallest absolute Gasteiger partial charge is 0.233 e. The maximum absolute atomic E-state index is 12.9. The van der Waals surface area contributed by atoms with Crippen LogP contribution in [0.15, 0.2) is 36.7 Å². The van der Waals surface area contributed by atoms with Crippen molar-refractivity contribution in [2.45, 2.75) is 18.2 Å². The second kappa shape index (κ2) is 8.98. The number of nitrogens with zero attached hydrogens (tertiary/aromatic N) is 4. The summed E-state index contributed by atoms with van der Waals surface area (Å²) in [6.45, 7) is 4.34. The zero-order chi connectivity index (χ0) is 18.8. The van der Waals surface area contributed by atoms with Gasteiger partial charge in [0.05, 0.1) is 22.0 Å². The monoisotopic (exact) mass is 420 g/mol. The van der Waals surface area contributed by atoms with Crippen LogP contribution in [0.25, 0.3) is 11.0 Å². The summed E-state index contributed by atoms with van der Waals surface area (Å²) in [6, 6.07) is 7.97. The number of halogens is 1. The lowest BCUT2D eigenvalue weighted by atomic mass is 10.1. The molecule has 2 N–H and O–H groups in total. The molecule has 7 nitrogen and oxygen atoms in total. The van der Waals surface area contributed by atoms with Crippen molar-refractivity contribution in [3.05, 3.63) is 48.3 Å². The van der Waals surface area contributed by atoms with Gasteiger partial charge in [-0.2, -0.15) is 0 Å². The Bertz CT molecular complexity index is 908. The third-order valence-corrected chi connectivity index (χ3v) is 6.11. The lowest BCUT2D eigenvalue weighted by Gasteiger charge is -2.35. The number of nitrogens with one attached hydrogen (secondary N) is 2. The Balaban J connectivity index is 0.00000225. The number of aromatic amines is 1. The van der Waals surface area contributed by atoms with Crippen LogP contribution in [0.1, 0.15) is 29.9 Å². The largest absolute Gasteiger partial charge is 0.341 e. The Kier molecular flexibility index (Phi) is 6.64. The van der Waals surface area contributed by atoms with E-state index in [1.54, 1.807) is 18.0 Å². The van der Waals surface area contributed by atoms with Crippen molar-refractivity contribution in [3.63, 3.8) is 0 Å². The van der Waals surface area contributed by atoms with Crippen molar-refractivity contribution in [1.82, 2.24) is 29.7 Å². The fourth-order valence-electron chi connectivity index (χ4n) is 3.45. The number of para-hydroxylation sites is 2. The van der Waals surface area contributed by atoms with Gasteiger partial charge in [0.2, 0.25) is 5.91 Å². The number of piperazine rings is 1. The number of carbonyl (C=O) groups excluding carboxylic acids is 1. The summed E-state index contributed by atoms with van der Waals surface area (Å²) >= 11 is 1.62. The number of benzene rings is 1. The first kappa shape index (κ1) is 20.7. The van der Waals surface area contributed by atoms with Crippen LogP contribution in [0.5, 0.6) is 0 Å². The first-order valence-corrected chi connectivity index (χ1v) is 10.2. The Morgan fingerprint density at radius 2 is 2.21 bits per heavy atom. The van der Waals surface area contributed by atoms with Crippen LogP contribution in [0.2, 0.25) is 0 Å². The highest BCUT2D eigenvalue weighted by atomic mass is 35.5. The van der Waals surface area contributed by atoms with Gasteiger partial charge < -0.3 is 19.8 Å². The molecule has 2 atom stereocenters. The van der Waals surface area contributed by atoms with Gasteiger partial charge in [0, 0.05) is 39.1 Å². The minimum absolute atomic E-state index is 0. The molecule has 150 valence electrons. The highest BCUT2D eigenvalue weighted by molar-refractivity contribution is 8.00. The minimum atomic E-state index is -0.0200. The van der Waals surface area contributed by atoms with Gasteiger partial charge in [-0.1, -0.05) is 12.1 Å². The molecular formula is C19H25ClN6OS. The number of imidazole rings is 2. The number of thioether (sulfide) groups is 1. The van der Waals surface area contributed by atoms with Gasteiger partial charge in [-0.05, 0) is 19.1 Å². The summed E-state index contributed by atoms with van der Waals surface area (Å²) in [6.07, 6.45) is 3.70. The lowest BCUT2D eigenvalue weighted by Crippen LogP contribution is -2.50. The quantitative estimate of drug-likeness (QED) is 0.663. The topological polar surface area (TPSA) is 78.8 Å². The van der Waals surface area contributed by atoms with E-state index in [-0.39, 0.29) is 29.6 Å². The number of H-pyrrole nitrogens is 1. The van der Waals surface area contributed by atoms with Gasteiger partial charge in [0.25, 0.3) is 0 Å². The zero-order valence-electron chi connectivity index (χ0n) is 16.0. The molecular weight excluding hydrogens is 396 g/mol. The summed E-state index contributed by atoms with van der Waals surface area (Å²) in [5.74, 6) is 2.41. The van der Waals surface area contributed by atoms with Gasteiger partial charge in [0.1, 0.15) is 17.7 Å². The number of hydrogen-bond acceptors (Lipinski definition) is 5. The van der Waals surface area contributed by atoms with E-state index in [0.717, 1.165) is 35.8 Å². The SMILES string of the molecule is CC(SCC(=O)N1CCNCC1c1nccn1C)c1nc2ccccc2[nH]1.Cl. The van der Waals surface area contributed by atoms with Crippen molar-refractivity contribution in [3.8, 4) is 0 Å². The maximum atomic E-state index is 12.9. The number of fused-ring (bicyclic) bond motifs is 1. The van der Waals surface area contributed by atoms with Crippen molar-refractivity contribution in [2.24, 2.45) is 7.05 Å². The van der Waals surface area contributed by atoms with E-state index in [9.17, 15) is 4.79 Å². The highest BCUT2D eigenvalue weighted by Gasteiger charge is 2.30. The van der Waals surface area contributed by atoms with Gasteiger partial charge in [-0.15, -0.1) is 24.2 Å². The molecule has 1 aromatic carbocycles. The summed E-state index contributed by atoms with van der Waals surface area (Å²) < 4.78 is 1.99. The molecule has 3 heterocycles. The van der Waals surface area contributed by atoms with Crippen LogP contribution < -0.4 is 5.32 Å². The molecule has 28 heavy (non-hydrogen) atoms.